The van der Waals surface area contributed by atoms with Crippen molar-refractivity contribution in [3.63, 3.8) is 0 Å². The summed E-state index contributed by atoms with van der Waals surface area (Å²) >= 11 is 1.37. The predicted molar refractivity (Wildman–Crippen MR) is 97.2 cm³/mol. The number of benzene rings is 1. The summed E-state index contributed by atoms with van der Waals surface area (Å²) in [5.74, 6) is 2.06. The highest BCUT2D eigenvalue weighted by molar-refractivity contribution is 7.99. The number of H-pyrrole nitrogens is 1. The van der Waals surface area contributed by atoms with Crippen molar-refractivity contribution < 1.29 is 4.79 Å². The molecule has 1 aromatic heterocycles. The normalized spacial score (nSPS) is 14.9. The van der Waals surface area contributed by atoms with E-state index in [4.69, 9.17) is 0 Å². The second kappa shape index (κ2) is 8.33. The number of rotatable bonds is 7. The summed E-state index contributed by atoms with van der Waals surface area (Å²) in [5.41, 5.74) is 1.95. The maximum atomic E-state index is 12.0. The number of aromatic nitrogens is 3. The molecule has 1 aliphatic rings. The van der Waals surface area contributed by atoms with Crippen molar-refractivity contribution in [2.45, 2.75) is 50.6 Å². The third-order valence-corrected chi connectivity index (χ3v) is 5.26. The molecule has 0 radical (unpaired) electrons. The van der Waals surface area contributed by atoms with E-state index in [0.717, 1.165) is 29.4 Å². The molecule has 0 bridgehead atoms. The van der Waals surface area contributed by atoms with Gasteiger partial charge in [-0.15, -0.1) is 5.10 Å². The summed E-state index contributed by atoms with van der Waals surface area (Å²) in [6, 6.07) is 7.79. The first-order valence-corrected chi connectivity index (χ1v) is 9.58. The molecule has 2 aromatic rings. The van der Waals surface area contributed by atoms with Gasteiger partial charge in [-0.25, -0.2) is 4.98 Å². The second-order valence-corrected chi connectivity index (χ2v) is 7.40. The van der Waals surface area contributed by atoms with Crippen molar-refractivity contribution in [2.75, 3.05) is 11.1 Å². The zero-order chi connectivity index (χ0) is 16.8. The summed E-state index contributed by atoms with van der Waals surface area (Å²) in [4.78, 5) is 16.5. The maximum absolute atomic E-state index is 12.0. The summed E-state index contributed by atoms with van der Waals surface area (Å²) in [6.45, 7) is 2.01. The van der Waals surface area contributed by atoms with Crippen molar-refractivity contribution in [3.05, 3.63) is 35.7 Å². The van der Waals surface area contributed by atoms with Crippen LogP contribution in [-0.4, -0.2) is 26.8 Å². The molecule has 24 heavy (non-hydrogen) atoms. The van der Waals surface area contributed by atoms with Crippen molar-refractivity contribution in [1.29, 1.82) is 0 Å². The molecule has 1 aromatic carbocycles. The Labute approximate surface area is 147 Å². The number of hydrogen-bond donors (Lipinski definition) is 2. The molecule has 0 spiro atoms. The number of aromatic amines is 1. The Morgan fingerprint density at radius 3 is 3.00 bits per heavy atom. The molecular weight excluding hydrogens is 320 g/mol. The zero-order valence-corrected chi connectivity index (χ0v) is 14.9. The van der Waals surface area contributed by atoms with E-state index in [1.807, 2.05) is 31.2 Å². The van der Waals surface area contributed by atoms with Gasteiger partial charge in [0.1, 0.15) is 5.82 Å². The molecule has 1 heterocycles. The number of carbonyl (C=O) groups is 1. The van der Waals surface area contributed by atoms with Crippen molar-refractivity contribution in [3.8, 4) is 0 Å². The largest absolute Gasteiger partial charge is 0.325 e. The predicted octanol–water partition coefficient (Wildman–Crippen LogP) is 3.97. The van der Waals surface area contributed by atoms with E-state index in [1.165, 1.54) is 43.9 Å². The van der Waals surface area contributed by atoms with Crippen LogP contribution in [0.5, 0.6) is 0 Å². The van der Waals surface area contributed by atoms with Gasteiger partial charge in [-0.1, -0.05) is 49.6 Å². The molecular formula is C18H24N4OS. The van der Waals surface area contributed by atoms with E-state index < -0.39 is 0 Å². The van der Waals surface area contributed by atoms with E-state index in [-0.39, 0.29) is 5.91 Å². The second-order valence-electron chi connectivity index (χ2n) is 6.46. The number of nitrogens with zero attached hydrogens (tertiary/aromatic N) is 2. The lowest BCUT2D eigenvalue weighted by atomic mass is 10.0. The summed E-state index contributed by atoms with van der Waals surface area (Å²) in [6.07, 6.45) is 7.60. The average molecular weight is 344 g/mol. The fourth-order valence-electron chi connectivity index (χ4n) is 3.14. The Bertz CT molecular complexity index is 679. The molecule has 1 aliphatic carbocycles. The summed E-state index contributed by atoms with van der Waals surface area (Å²) < 4.78 is 0. The summed E-state index contributed by atoms with van der Waals surface area (Å²) in [5, 5.41) is 10.7. The van der Waals surface area contributed by atoms with Crippen LogP contribution >= 0.6 is 11.8 Å². The van der Waals surface area contributed by atoms with Crippen molar-refractivity contribution in [1.82, 2.24) is 15.2 Å². The SMILES string of the molecule is Cc1cccc(NC(=O)CSc2n[nH]c(CCC3CCCC3)n2)c1. The van der Waals surface area contributed by atoms with E-state index in [1.54, 1.807) is 0 Å². The molecule has 0 atom stereocenters. The topological polar surface area (TPSA) is 70.7 Å². The van der Waals surface area contributed by atoms with Gasteiger partial charge in [-0.2, -0.15) is 0 Å². The maximum Gasteiger partial charge on any atom is 0.234 e. The monoisotopic (exact) mass is 344 g/mol. The lowest BCUT2D eigenvalue weighted by molar-refractivity contribution is -0.113. The zero-order valence-electron chi connectivity index (χ0n) is 14.0. The standard InChI is InChI=1S/C18H24N4OS/c1-13-5-4-8-15(11-13)19-17(23)12-24-18-20-16(21-22-18)10-9-14-6-2-3-7-14/h4-5,8,11,14H,2-3,6-7,9-10,12H2,1H3,(H,19,23)(H,20,21,22). The van der Waals surface area contributed by atoms with Gasteiger partial charge in [0.15, 0.2) is 0 Å². The van der Waals surface area contributed by atoms with Gasteiger partial charge in [-0.05, 0) is 37.0 Å². The number of anilines is 1. The third kappa shape index (κ3) is 5.09. The van der Waals surface area contributed by atoms with Gasteiger partial charge in [0.05, 0.1) is 5.75 Å². The van der Waals surface area contributed by atoms with Crippen LogP contribution in [-0.2, 0) is 11.2 Å². The third-order valence-electron chi connectivity index (χ3n) is 4.41. The van der Waals surface area contributed by atoms with Crippen molar-refractivity contribution >= 4 is 23.4 Å². The van der Waals surface area contributed by atoms with Crippen LogP contribution in [0.2, 0.25) is 0 Å². The first kappa shape index (κ1) is 17.0. The molecule has 6 heteroatoms. The minimum absolute atomic E-state index is 0.0390. The first-order valence-electron chi connectivity index (χ1n) is 8.59. The lowest BCUT2D eigenvalue weighted by Crippen LogP contribution is -2.14. The molecule has 1 fully saturated rings. The number of nitrogens with one attached hydrogen (secondary N) is 2. The van der Waals surface area contributed by atoms with E-state index in [2.05, 4.69) is 20.5 Å². The Balaban J connectivity index is 1.42. The Morgan fingerprint density at radius 2 is 2.21 bits per heavy atom. The molecule has 128 valence electrons. The Hall–Kier alpha value is -1.82. The van der Waals surface area contributed by atoms with Crippen LogP contribution < -0.4 is 5.32 Å². The average Bonchev–Trinajstić information content (AvgIpc) is 3.23. The molecule has 5 nitrogen and oxygen atoms in total. The molecule has 2 N–H and O–H groups in total. The molecule has 0 unspecified atom stereocenters. The molecule has 1 amide bonds. The smallest absolute Gasteiger partial charge is 0.234 e. The van der Waals surface area contributed by atoms with Gasteiger partial charge in [0.25, 0.3) is 0 Å². The number of thioether (sulfide) groups is 1. The minimum Gasteiger partial charge on any atom is -0.325 e. The van der Waals surface area contributed by atoms with Gasteiger partial charge in [-0.3, -0.25) is 9.89 Å². The number of carbonyl (C=O) groups excluding carboxylic acids is 1. The number of amides is 1. The van der Waals surface area contributed by atoms with E-state index >= 15 is 0 Å². The summed E-state index contributed by atoms with van der Waals surface area (Å²) in [7, 11) is 0. The quantitative estimate of drug-likeness (QED) is 0.746. The van der Waals surface area contributed by atoms with Crippen LogP contribution in [0.15, 0.2) is 29.4 Å². The Morgan fingerprint density at radius 1 is 1.38 bits per heavy atom. The van der Waals surface area contributed by atoms with Gasteiger partial charge >= 0.3 is 0 Å². The highest BCUT2D eigenvalue weighted by atomic mass is 32.2. The molecule has 0 saturated heterocycles. The lowest BCUT2D eigenvalue weighted by Gasteiger charge is -2.05. The van der Waals surface area contributed by atoms with Crippen molar-refractivity contribution in [2.24, 2.45) is 5.92 Å². The first-order chi connectivity index (χ1) is 11.7. The minimum atomic E-state index is -0.0390. The highest BCUT2D eigenvalue weighted by Gasteiger charge is 2.16. The van der Waals surface area contributed by atoms with E-state index in [9.17, 15) is 4.79 Å². The van der Waals surface area contributed by atoms with Crippen LogP contribution in [0, 0.1) is 12.8 Å². The van der Waals surface area contributed by atoms with Gasteiger partial charge in [0.2, 0.25) is 11.1 Å². The Kier molecular flexibility index (Phi) is 5.91. The fraction of sp³-hybridized carbons (Fsp3) is 0.500. The van der Waals surface area contributed by atoms with Gasteiger partial charge in [0, 0.05) is 12.1 Å². The molecule has 3 rings (SSSR count). The van der Waals surface area contributed by atoms with Crippen LogP contribution in [0.1, 0.15) is 43.5 Å². The molecule has 0 aliphatic heterocycles. The highest BCUT2D eigenvalue weighted by Crippen LogP contribution is 2.28. The fourth-order valence-corrected chi connectivity index (χ4v) is 3.76. The number of hydrogen-bond acceptors (Lipinski definition) is 4. The van der Waals surface area contributed by atoms with Crippen LogP contribution in [0.4, 0.5) is 5.69 Å². The van der Waals surface area contributed by atoms with Gasteiger partial charge < -0.3 is 5.32 Å². The van der Waals surface area contributed by atoms with Crippen LogP contribution in [0.3, 0.4) is 0 Å². The van der Waals surface area contributed by atoms with Crippen LogP contribution in [0.25, 0.3) is 0 Å². The molecule has 1 saturated carbocycles. The number of aryl methyl sites for hydroxylation is 2. The van der Waals surface area contributed by atoms with E-state index in [0.29, 0.717) is 10.9 Å².